The molecule has 0 N–H and O–H groups in total. The van der Waals surface area contributed by atoms with E-state index >= 15 is 0 Å². The van der Waals surface area contributed by atoms with Crippen LogP contribution in [0.5, 0.6) is 5.75 Å². The summed E-state index contributed by atoms with van der Waals surface area (Å²) in [7, 11) is 0. The SMILES string of the molecule is CC(=O)c1cc(Cl)c(OC(F)F)cc1C(F)F. The number of carbonyl (C=O) groups excluding carboxylic acids is 1. The van der Waals surface area contributed by atoms with Crippen LogP contribution in [0.15, 0.2) is 12.1 Å². The smallest absolute Gasteiger partial charge is 0.387 e. The lowest BCUT2D eigenvalue weighted by atomic mass is 10.0. The van der Waals surface area contributed by atoms with Gasteiger partial charge in [0.25, 0.3) is 6.43 Å². The molecule has 0 amide bonds. The fraction of sp³-hybridized carbons (Fsp3) is 0.300. The maximum Gasteiger partial charge on any atom is 0.387 e. The third-order valence-electron chi connectivity index (χ3n) is 1.93. The van der Waals surface area contributed by atoms with Crippen molar-refractivity contribution in [2.24, 2.45) is 0 Å². The van der Waals surface area contributed by atoms with Gasteiger partial charge in [0.1, 0.15) is 5.75 Å². The summed E-state index contributed by atoms with van der Waals surface area (Å²) in [5, 5.41) is -0.320. The highest BCUT2D eigenvalue weighted by Gasteiger charge is 2.20. The fourth-order valence-corrected chi connectivity index (χ4v) is 1.45. The zero-order chi connectivity index (χ0) is 13.2. The standard InChI is InChI=1S/C10H7ClF4O2/c1-4(16)5-2-7(11)8(17-10(14)15)3-6(5)9(12)13/h2-3,9-10H,1H3. The molecule has 0 spiro atoms. The first-order chi connectivity index (χ1) is 7.82. The highest BCUT2D eigenvalue weighted by atomic mass is 35.5. The van der Waals surface area contributed by atoms with Crippen molar-refractivity contribution in [1.82, 2.24) is 0 Å². The van der Waals surface area contributed by atoms with Gasteiger partial charge in [-0.3, -0.25) is 4.79 Å². The Morgan fingerprint density at radius 2 is 1.88 bits per heavy atom. The molecule has 17 heavy (non-hydrogen) atoms. The van der Waals surface area contributed by atoms with E-state index in [-0.39, 0.29) is 10.6 Å². The first-order valence-electron chi connectivity index (χ1n) is 4.40. The first kappa shape index (κ1) is 13.8. The number of benzene rings is 1. The average Bonchev–Trinajstić information content (AvgIpc) is 2.19. The molecule has 0 unspecified atom stereocenters. The van der Waals surface area contributed by atoms with Gasteiger partial charge in [-0.25, -0.2) is 8.78 Å². The van der Waals surface area contributed by atoms with Crippen molar-refractivity contribution in [3.63, 3.8) is 0 Å². The van der Waals surface area contributed by atoms with Gasteiger partial charge in [-0.2, -0.15) is 8.78 Å². The largest absolute Gasteiger partial charge is 0.433 e. The quantitative estimate of drug-likeness (QED) is 0.609. The van der Waals surface area contributed by atoms with Gasteiger partial charge in [0, 0.05) is 11.1 Å². The molecule has 0 bridgehead atoms. The second-order valence-corrected chi connectivity index (χ2v) is 3.51. The molecule has 0 atom stereocenters. The minimum absolute atomic E-state index is 0.313. The molecule has 1 rings (SSSR count). The molecule has 0 fully saturated rings. The van der Waals surface area contributed by atoms with E-state index in [2.05, 4.69) is 4.74 Å². The predicted molar refractivity (Wildman–Crippen MR) is 53.0 cm³/mol. The third-order valence-corrected chi connectivity index (χ3v) is 2.23. The molecule has 1 aromatic rings. The Bertz CT molecular complexity index is 435. The maximum absolute atomic E-state index is 12.6. The predicted octanol–water partition coefficient (Wildman–Crippen LogP) is 4.08. The van der Waals surface area contributed by atoms with Crippen molar-refractivity contribution >= 4 is 17.4 Å². The van der Waals surface area contributed by atoms with E-state index in [1.54, 1.807) is 0 Å². The van der Waals surface area contributed by atoms with E-state index in [0.29, 0.717) is 6.07 Å². The molecule has 0 radical (unpaired) electrons. The van der Waals surface area contributed by atoms with Crippen molar-refractivity contribution in [3.8, 4) is 5.75 Å². The molecule has 94 valence electrons. The highest BCUT2D eigenvalue weighted by molar-refractivity contribution is 6.32. The number of alkyl halides is 4. The maximum atomic E-state index is 12.6. The molecule has 0 aromatic heterocycles. The summed E-state index contributed by atoms with van der Waals surface area (Å²) in [5.41, 5.74) is -0.996. The van der Waals surface area contributed by atoms with E-state index in [0.717, 1.165) is 13.0 Å². The zero-order valence-electron chi connectivity index (χ0n) is 8.52. The molecule has 0 saturated carbocycles. The number of hydrogen-bond acceptors (Lipinski definition) is 2. The van der Waals surface area contributed by atoms with Crippen LogP contribution in [0.3, 0.4) is 0 Å². The molecule has 0 heterocycles. The topological polar surface area (TPSA) is 26.3 Å². The molecule has 0 aliphatic rings. The van der Waals surface area contributed by atoms with Crippen LogP contribution >= 0.6 is 11.6 Å². The fourth-order valence-electron chi connectivity index (χ4n) is 1.24. The monoisotopic (exact) mass is 270 g/mol. The second kappa shape index (κ2) is 5.35. The summed E-state index contributed by atoms with van der Waals surface area (Å²) in [6.45, 7) is -2.10. The second-order valence-electron chi connectivity index (χ2n) is 3.11. The molecule has 7 heteroatoms. The molecule has 0 aliphatic heterocycles. The Morgan fingerprint density at radius 1 is 1.29 bits per heavy atom. The highest BCUT2D eigenvalue weighted by Crippen LogP contribution is 2.34. The van der Waals surface area contributed by atoms with E-state index in [1.807, 2.05) is 0 Å². The van der Waals surface area contributed by atoms with Crippen molar-refractivity contribution < 1.29 is 27.1 Å². The van der Waals surface area contributed by atoms with Crippen LogP contribution in [0.1, 0.15) is 29.3 Å². The van der Waals surface area contributed by atoms with Gasteiger partial charge in [-0.05, 0) is 19.1 Å². The van der Waals surface area contributed by atoms with Crippen LogP contribution in [0, 0.1) is 0 Å². The molecule has 2 nitrogen and oxygen atoms in total. The molecule has 0 aliphatic carbocycles. The lowest BCUT2D eigenvalue weighted by Gasteiger charge is -2.11. The van der Waals surface area contributed by atoms with Crippen LogP contribution in [0.4, 0.5) is 17.6 Å². The van der Waals surface area contributed by atoms with Crippen molar-refractivity contribution in [3.05, 3.63) is 28.3 Å². The van der Waals surface area contributed by atoms with E-state index in [4.69, 9.17) is 11.6 Å². The van der Waals surface area contributed by atoms with Crippen LogP contribution in [0.25, 0.3) is 0 Å². The van der Waals surface area contributed by atoms with Crippen molar-refractivity contribution in [2.75, 3.05) is 0 Å². The summed E-state index contributed by atoms with van der Waals surface area (Å²) in [6.07, 6.45) is -2.98. The van der Waals surface area contributed by atoms with Crippen LogP contribution in [-0.4, -0.2) is 12.4 Å². The van der Waals surface area contributed by atoms with Crippen LogP contribution in [0.2, 0.25) is 5.02 Å². The molecule has 0 saturated heterocycles. The minimum atomic E-state index is -3.18. The lowest BCUT2D eigenvalue weighted by molar-refractivity contribution is -0.0499. The summed E-state index contributed by atoms with van der Waals surface area (Å²) in [5.74, 6) is -1.22. The van der Waals surface area contributed by atoms with Gasteiger partial charge in [-0.15, -0.1) is 0 Å². The Kier molecular flexibility index (Phi) is 4.34. The molecular weight excluding hydrogens is 264 g/mol. The summed E-state index contributed by atoms with van der Waals surface area (Å²) < 4.78 is 53.1. The molecule has 1 aromatic carbocycles. The Hall–Kier alpha value is -1.30. The third kappa shape index (κ3) is 3.33. The Labute approximate surface area is 99.1 Å². The number of Topliss-reactive ketones (excluding diaryl/α,β-unsaturated/α-hetero) is 1. The Balaban J connectivity index is 3.29. The number of carbonyl (C=O) groups is 1. The van der Waals surface area contributed by atoms with Crippen molar-refractivity contribution in [2.45, 2.75) is 20.0 Å². The number of ether oxygens (including phenoxy) is 1. The number of rotatable bonds is 4. The average molecular weight is 271 g/mol. The summed E-state index contributed by atoms with van der Waals surface area (Å²) >= 11 is 5.54. The number of halogens is 5. The molecular formula is C10H7ClF4O2. The van der Waals surface area contributed by atoms with Gasteiger partial charge < -0.3 is 4.74 Å². The van der Waals surface area contributed by atoms with Gasteiger partial charge in [0.15, 0.2) is 5.78 Å². The first-order valence-corrected chi connectivity index (χ1v) is 4.78. The number of hydrogen-bond donors (Lipinski definition) is 0. The van der Waals surface area contributed by atoms with Crippen LogP contribution < -0.4 is 4.74 Å². The minimum Gasteiger partial charge on any atom is -0.433 e. The van der Waals surface area contributed by atoms with Crippen LogP contribution in [-0.2, 0) is 0 Å². The number of ketones is 1. The van der Waals surface area contributed by atoms with E-state index in [1.165, 1.54) is 0 Å². The zero-order valence-corrected chi connectivity index (χ0v) is 9.27. The van der Waals surface area contributed by atoms with Gasteiger partial charge in [0.2, 0.25) is 0 Å². The Morgan fingerprint density at radius 3 is 2.29 bits per heavy atom. The van der Waals surface area contributed by atoms with Crippen molar-refractivity contribution in [1.29, 1.82) is 0 Å². The summed E-state index contributed by atoms with van der Waals surface area (Å²) in [6, 6.07) is 1.54. The van der Waals surface area contributed by atoms with Gasteiger partial charge >= 0.3 is 6.61 Å². The van der Waals surface area contributed by atoms with E-state index in [9.17, 15) is 22.4 Å². The van der Waals surface area contributed by atoms with Gasteiger partial charge in [-0.1, -0.05) is 11.6 Å². The van der Waals surface area contributed by atoms with E-state index < -0.39 is 30.1 Å². The lowest BCUT2D eigenvalue weighted by Crippen LogP contribution is -2.06. The summed E-state index contributed by atoms with van der Waals surface area (Å²) in [4.78, 5) is 11.1. The normalized spacial score (nSPS) is 11.1. The van der Waals surface area contributed by atoms with Gasteiger partial charge in [0.05, 0.1) is 5.02 Å².